The van der Waals surface area contributed by atoms with Crippen LogP contribution in [0.15, 0.2) is 0 Å². The third-order valence-electron chi connectivity index (χ3n) is 3.66. The van der Waals surface area contributed by atoms with E-state index in [0.717, 1.165) is 32.1 Å². The average Bonchev–Trinajstić information content (AvgIpc) is 2.38. The van der Waals surface area contributed by atoms with Gasteiger partial charge in [0.25, 0.3) is 0 Å². The summed E-state index contributed by atoms with van der Waals surface area (Å²) in [5, 5.41) is 15.2. The Morgan fingerprint density at radius 2 is 2.17 bits per heavy atom. The van der Waals surface area contributed by atoms with Gasteiger partial charge in [-0.3, -0.25) is 0 Å². The topological polar surface area (TPSA) is 70.6 Å². The minimum Gasteiger partial charge on any atom is -0.396 e. The number of nitrogens with one attached hydrogen (secondary N) is 2. The first-order chi connectivity index (χ1) is 8.71. The first-order valence-electron chi connectivity index (χ1n) is 6.88. The molecule has 106 valence electrons. The highest BCUT2D eigenvalue weighted by Gasteiger charge is 2.26. The van der Waals surface area contributed by atoms with Crippen LogP contribution in [0.5, 0.6) is 0 Å². The highest BCUT2D eigenvalue weighted by atomic mass is 16.5. The van der Waals surface area contributed by atoms with Crippen molar-refractivity contribution in [3.63, 3.8) is 0 Å². The van der Waals surface area contributed by atoms with Crippen molar-refractivity contribution in [3.8, 4) is 0 Å². The van der Waals surface area contributed by atoms with Crippen molar-refractivity contribution in [1.29, 1.82) is 0 Å². The van der Waals surface area contributed by atoms with Crippen LogP contribution < -0.4 is 10.6 Å². The number of amides is 2. The van der Waals surface area contributed by atoms with Crippen molar-refractivity contribution in [2.45, 2.75) is 51.1 Å². The summed E-state index contributed by atoms with van der Waals surface area (Å²) in [6.45, 7) is 2.69. The molecule has 0 spiro atoms. The van der Waals surface area contributed by atoms with E-state index in [9.17, 15) is 9.90 Å². The van der Waals surface area contributed by atoms with Crippen molar-refractivity contribution in [3.05, 3.63) is 0 Å². The first kappa shape index (κ1) is 15.2. The van der Waals surface area contributed by atoms with Gasteiger partial charge >= 0.3 is 6.03 Å². The lowest BCUT2D eigenvalue weighted by Gasteiger charge is -2.31. The van der Waals surface area contributed by atoms with E-state index in [0.29, 0.717) is 6.61 Å². The molecule has 3 atom stereocenters. The van der Waals surface area contributed by atoms with Gasteiger partial charge in [0.1, 0.15) is 0 Å². The van der Waals surface area contributed by atoms with Gasteiger partial charge in [0, 0.05) is 25.7 Å². The summed E-state index contributed by atoms with van der Waals surface area (Å²) in [5.41, 5.74) is 0. The lowest BCUT2D eigenvalue weighted by Crippen LogP contribution is -2.50. The Hall–Kier alpha value is -0.810. The minimum absolute atomic E-state index is 0.0474. The maximum atomic E-state index is 11.9. The maximum Gasteiger partial charge on any atom is 0.315 e. The molecule has 1 aliphatic rings. The molecule has 1 aliphatic carbocycles. The number of urea groups is 1. The Morgan fingerprint density at radius 3 is 2.78 bits per heavy atom. The van der Waals surface area contributed by atoms with Gasteiger partial charge in [-0.1, -0.05) is 19.8 Å². The Balaban J connectivity index is 2.37. The second-order valence-electron chi connectivity index (χ2n) is 5.01. The highest BCUT2D eigenvalue weighted by Crippen LogP contribution is 2.23. The van der Waals surface area contributed by atoms with Crippen LogP contribution >= 0.6 is 0 Å². The molecule has 0 aliphatic heterocycles. The molecule has 1 rings (SSSR count). The van der Waals surface area contributed by atoms with Gasteiger partial charge in [0.05, 0.1) is 12.6 Å². The lowest BCUT2D eigenvalue weighted by molar-refractivity contribution is 0.146. The van der Waals surface area contributed by atoms with E-state index >= 15 is 0 Å². The van der Waals surface area contributed by atoms with E-state index < -0.39 is 0 Å². The van der Waals surface area contributed by atoms with Crippen LogP contribution in [0.1, 0.15) is 39.0 Å². The number of hydrogen-bond donors (Lipinski definition) is 3. The zero-order valence-corrected chi connectivity index (χ0v) is 11.4. The summed E-state index contributed by atoms with van der Waals surface area (Å²) in [4.78, 5) is 11.9. The summed E-state index contributed by atoms with van der Waals surface area (Å²) in [6.07, 6.45) is 5.06. The van der Waals surface area contributed by atoms with Gasteiger partial charge in [-0.25, -0.2) is 4.79 Å². The predicted octanol–water partition coefficient (Wildman–Crippen LogP) is 1.26. The van der Waals surface area contributed by atoms with Crippen molar-refractivity contribution in [2.24, 2.45) is 5.92 Å². The Kier molecular flexibility index (Phi) is 7.05. The average molecular weight is 258 g/mol. The van der Waals surface area contributed by atoms with Gasteiger partial charge in [0.2, 0.25) is 0 Å². The van der Waals surface area contributed by atoms with Gasteiger partial charge in [0.15, 0.2) is 0 Å². The van der Waals surface area contributed by atoms with Crippen LogP contribution in [0.3, 0.4) is 0 Å². The summed E-state index contributed by atoms with van der Waals surface area (Å²) in [6, 6.07) is -0.000724. The maximum absolute atomic E-state index is 11.9. The number of rotatable bonds is 6. The van der Waals surface area contributed by atoms with E-state index in [1.165, 1.54) is 0 Å². The molecule has 3 N–H and O–H groups in total. The van der Waals surface area contributed by atoms with Crippen LogP contribution in [-0.2, 0) is 4.74 Å². The van der Waals surface area contributed by atoms with E-state index in [4.69, 9.17) is 4.74 Å². The molecule has 0 heterocycles. The quantitative estimate of drug-likeness (QED) is 0.672. The minimum atomic E-state index is -0.149. The Labute approximate surface area is 109 Å². The van der Waals surface area contributed by atoms with E-state index in [-0.39, 0.29) is 30.6 Å². The van der Waals surface area contributed by atoms with Crippen molar-refractivity contribution in [2.75, 3.05) is 20.3 Å². The predicted molar refractivity (Wildman–Crippen MR) is 70.5 cm³/mol. The highest BCUT2D eigenvalue weighted by molar-refractivity contribution is 5.74. The SMILES string of the molecule is CCC(COC)NC(=O)NC1CCCCC1CO. The van der Waals surface area contributed by atoms with Crippen LogP contribution in [-0.4, -0.2) is 43.5 Å². The van der Waals surface area contributed by atoms with Gasteiger partial charge in [-0.15, -0.1) is 0 Å². The molecule has 0 saturated heterocycles. The molecule has 1 saturated carbocycles. The number of aliphatic hydroxyl groups is 1. The third-order valence-corrected chi connectivity index (χ3v) is 3.66. The molecule has 0 radical (unpaired) electrons. The summed E-state index contributed by atoms with van der Waals surface area (Å²) < 4.78 is 5.05. The second kappa shape index (κ2) is 8.32. The third kappa shape index (κ3) is 4.82. The number of ether oxygens (including phenoxy) is 1. The lowest BCUT2D eigenvalue weighted by atomic mass is 9.85. The monoisotopic (exact) mass is 258 g/mol. The van der Waals surface area contributed by atoms with Crippen LogP contribution in [0.4, 0.5) is 4.79 Å². The molecule has 1 fully saturated rings. The summed E-state index contributed by atoms with van der Waals surface area (Å²) in [7, 11) is 1.63. The zero-order chi connectivity index (χ0) is 13.4. The normalized spacial score (nSPS) is 25.5. The number of carbonyl (C=O) groups is 1. The molecule has 5 heteroatoms. The fraction of sp³-hybridized carbons (Fsp3) is 0.923. The molecule has 0 aromatic carbocycles. The number of carbonyl (C=O) groups excluding carboxylic acids is 1. The molecule has 3 unspecified atom stereocenters. The second-order valence-corrected chi connectivity index (χ2v) is 5.01. The zero-order valence-electron chi connectivity index (χ0n) is 11.4. The first-order valence-corrected chi connectivity index (χ1v) is 6.88. The summed E-state index contributed by atoms with van der Waals surface area (Å²) in [5.74, 6) is 0.201. The molecule has 2 amide bonds. The molecule has 5 nitrogen and oxygen atoms in total. The van der Waals surface area contributed by atoms with Crippen molar-refractivity contribution in [1.82, 2.24) is 10.6 Å². The molecular weight excluding hydrogens is 232 g/mol. The van der Waals surface area contributed by atoms with E-state index in [1.807, 2.05) is 6.92 Å². The molecule has 0 aromatic heterocycles. The van der Waals surface area contributed by atoms with Gasteiger partial charge < -0.3 is 20.5 Å². The molecular formula is C13H26N2O3. The largest absolute Gasteiger partial charge is 0.396 e. The Morgan fingerprint density at radius 1 is 1.44 bits per heavy atom. The number of hydrogen-bond acceptors (Lipinski definition) is 3. The fourth-order valence-electron chi connectivity index (χ4n) is 2.47. The van der Waals surface area contributed by atoms with Crippen LogP contribution in [0, 0.1) is 5.92 Å². The summed E-state index contributed by atoms with van der Waals surface area (Å²) >= 11 is 0. The van der Waals surface area contributed by atoms with Gasteiger partial charge in [-0.05, 0) is 19.3 Å². The van der Waals surface area contributed by atoms with Crippen molar-refractivity contribution < 1.29 is 14.6 Å². The van der Waals surface area contributed by atoms with Crippen LogP contribution in [0.25, 0.3) is 0 Å². The van der Waals surface area contributed by atoms with Crippen molar-refractivity contribution >= 4 is 6.03 Å². The van der Waals surface area contributed by atoms with Crippen LogP contribution in [0.2, 0.25) is 0 Å². The Bertz CT molecular complexity index is 248. The smallest absolute Gasteiger partial charge is 0.315 e. The molecule has 18 heavy (non-hydrogen) atoms. The standard InChI is InChI=1S/C13H26N2O3/c1-3-11(9-18-2)14-13(17)15-12-7-5-4-6-10(12)8-16/h10-12,16H,3-9H2,1-2H3,(H2,14,15,17). The van der Waals surface area contributed by atoms with E-state index in [1.54, 1.807) is 7.11 Å². The fourth-order valence-corrected chi connectivity index (χ4v) is 2.47. The van der Waals surface area contributed by atoms with E-state index in [2.05, 4.69) is 10.6 Å². The molecule has 0 bridgehead atoms. The number of aliphatic hydroxyl groups excluding tert-OH is 1. The molecule has 0 aromatic rings. The van der Waals surface area contributed by atoms with Gasteiger partial charge in [-0.2, -0.15) is 0 Å². The number of methoxy groups -OCH3 is 1.